The molecule has 4 rings (SSSR count). The highest BCUT2D eigenvalue weighted by Gasteiger charge is 2.21. The summed E-state index contributed by atoms with van der Waals surface area (Å²) in [4.78, 5) is 0. The molecule has 4 aromatic rings. The van der Waals surface area contributed by atoms with Crippen molar-refractivity contribution in [1.29, 1.82) is 0 Å². The number of aromatic nitrogens is 1. The normalized spacial score (nSPS) is 12.8. The molecule has 0 aliphatic heterocycles. The van der Waals surface area contributed by atoms with Gasteiger partial charge in [-0.15, -0.1) is 0 Å². The third kappa shape index (κ3) is 3.45. The second kappa shape index (κ2) is 6.79. The van der Waals surface area contributed by atoms with Crippen molar-refractivity contribution in [2.24, 2.45) is 0 Å². The van der Waals surface area contributed by atoms with Crippen molar-refractivity contribution in [2.45, 2.75) is 52.4 Å². The van der Waals surface area contributed by atoms with Crippen LogP contribution in [-0.4, -0.2) is 4.57 Å². The first-order chi connectivity index (χ1) is 13.5. The number of hydrogen-bond acceptors (Lipinski definition) is 0. The first-order valence-electron chi connectivity index (χ1n) is 10.0. The Morgan fingerprint density at radius 3 is 1.59 bits per heavy atom. The average molecular weight is 424 g/mol. The zero-order valence-corrected chi connectivity index (χ0v) is 19.4. The van der Waals surface area contributed by atoms with E-state index in [0.29, 0.717) is 10.0 Å². The highest BCUT2D eigenvalue weighted by molar-refractivity contribution is 6.43. The minimum Gasteiger partial charge on any atom is -0.308 e. The Hall–Kier alpha value is -1.96. The molecule has 0 bridgehead atoms. The second-order valence-electron chi connectivity index (χ2n) is 9.87. The Labute approximate surface area is 183 Å². The first kappa shape index (κ1) is 20.3. The highest BCUT2D eigenvalue weighted by Crippen LogP contribution is 2.39. The maximum atomic E-state index is 6.64. The summed E-state index contributed by atoms with van der Waals surface area (Å²) in [6, 6.07) is 19.3. The number of rotatable bonds is 1. The molecule has 0 atom stereocenters. The molecule has 0 spiro atoms. The average Bonchev–Trinajstić information content (AvgIpc) is 2.95. The number of hydrogen-bond donors (Lipinski definition) is 0. The Morgan fingerprint density at radius 1 is 0.655 bits per heavy atom. The quantitative estimate of drug-likeness (QED) is 0.288. The van der Waals surface area contributed by atoms with Crippen molar-refractivity contribution in [3.8, 4) is 5.69 Å². The molecule has 3 aromatic carbocycles. The van der Waals surface area contributed by atoms with Crippen LogP contribution in [0.5, 0.6) is 0 Å². The van der Waals surface area contributed by atoms with E-state index in [1.165, 1.54) is 21.9 Å². The van der Waals surface area contributed by atoms with Crippen LogP contribution in [0.15, 0.2) is 54.6 Å². The van der Waals surface area contributed by atoms with Gasteiger partial charge in [0.05, 0.1) is 26.8 Å². The summed E-state index contributed by atoms with van der Waals surface area (Å²) < 4.78 is 2.23. The fraction of sp³-hybridized carbons (Fsp3) is 0.308. The zero-order valence-electron chi connectivity index (χ0n) is 17.9. The van der Waals surface area contributed by atoms with Gasteiger partial charge in [0, 0.05) is 10.8 Å². The van der Waals surface area contributed by atoms with Gasteiger partial charge in [-0.25, -0.2) is 0 Å². The van der Waals surface area contributed by atoms with Crippen LogP contribution >= 0.6 is 23.2 Å². The summed E-state index contributed by atoms with van der Waals surface area (Å²) in [7, 11) is 0. The van der Waals surface area contributed by atoms with Gasteiger partial charge in [-0.1, -0.05) is 82.9 Å². The van der Waals surface area contributed by atoms with Crippen molar-refractivity contribution in [3.05, 3.63) is 75.8 Å². The first-order valence-corrected chi connectivity index (χ1v) is 10.8. The summed E-state index contributed by atoms with van der Waals surface area (Å²) in [5.74, 6) is 0. The molecule has 0 saturated carbocycles. The Bertz CT molecular complexity index is 1160. The van der Waals surface area contributed by atoms with Crippen LogP contribution in [0.2, 0.25) is 10.0 Å². The van der Waals surface area contributed by atoms with E-state index < -0.39 is 0 Å². The fourth-order valence-corrected chi connectivity index (χ4v) is 4.26. The van der Waals surface area contributed by atoms with Crippen molar-refractivity contribution in [1.82, 2.24) is 4.57 Å². The number of fused-ring (bicyclic) bond motifs is 3. The van der Waals surface area contributed by atoms with Gasteiger partial charge in [0.25, 0.3) is 0 Å². The lowest BCUT2D eigenvalue weighted by Gasteiger charge is -2.19. The molecule has 0 aliphatic rings. The molecule has 3 heteroatoms. The lowest BCUT2D eigenvalue weighted by molar-refractivity contribution is 0.590. The van der Waals surface area contributed by atoms with Crippen LogP contribution in [0, 0.1) is 0 Å². The van der Waals surface area contributed by atoms with Gasteiger partial charge in [-0.2, -0.15) is 0 Å². The third-order valence-electron chi connectivity index (χ3n) is 5.67. The lowest BCUT2D eigenvalue weighted by Crippen LogP contribution is -2.10. The van der Waals surface area contributed by atoms with Crippen LogP contribution in [0.4, 0.5) is 0 Å². The molecule has 150 valence electrons. The largest absolute Gasteiger partial charge is 0.308 e. The van der Waals surface area contributed by atoms with E-state index in [4.69, 9.17) is 23.2 Å². The van der Waals surface area contributed by atoms with Gasteiger partial charge < -0.3 is 4.57 Å². The summed E-state index contributed by atoms with van der Waals surface area (Å²) in [5, 5.41) is 3.63. The van der Waals surface area contributed by atoms with E-state index in [1.807, 2.05) is 18.2 Å². The van der Waals surface area contributed by atoms with Crippen LogP contribution in [0.1, 0.15) is 52.7 Å². The van der Waals surface area contributed by atoms with Gasteiger partial charge in [0.2, 0.25) is 0 Å². The lowest BCUT2D eigenvalue weighted by atomic mass is 9.85. The maximum Gasteiger partial charge on any atom is 0.0832 e. The van der Waals surface area contributed by atoms with E-state index in [1.54, 1.807) is 0 Å². The Balaban J connectivity index is 2.16. The molecule has 0 saturated heterocycles. The van der Waals surface area contributed by atoms with Crippen LogP contribution in [0.3, 0.4) is 0 Å². The van der Waals surface area contributed by atoms with E-state index in [2.05, 4.69) is 82.5 Å². The molecule has 29 heavy (non-hydrogen) atoms. The maximum absolute atomic E-state index is 6.64. The molecule has 1 aromatic heterocycles. The van der Waals surface area contributed by atoms with E-state index in [0.717, 1.165) is 16.7 Å². The van der Waals surface area contributed by atoms with Gasteiger partial charge >= 0.3 is 0 Å². The Morgan fingerprint density at radius 2 is 1.14 bits per heavy atom. The summed E-state index contributed by atoms with van der Waals surface area (Å²) in [6.45, 7) is 13.5. The molecular weight excluding hydrogens is 397 g/mol. The second-order valence-corrected chi connectivity index (χ2v) is 10.7. The smallest absolute Gasteiger partial charge is 0.0832 e. The molecule has 0 radical (unpaired) electrons. The highest BCUT2D eigenvalue weighted by atomic mass is 35.5. The molecule has 0 fully saturated rings. The SMILES string of the molecule is CC(C)(C)c1ccc2c(c1)c1cc(C(C)(C)C)ccc1n2-c1cccc(Cl)c1Cl. The van der Waals surface area contributed by atoms with Gasteiger partial charge in [0.15, 0.2) is 0 Å². The van der Waals surface area contributed by atoms with Crippen LogP contribution in [0.25, 0.3) is 27.5 Å². The molecule has 0 amide bonds. The van der Waals surface area contributed by atoms with Crippen molar-refractivity contribution >= 4 is 45.0 Å². The number of nitrogens with zero attached hydrogens (tertiary/aromatic N) is 1. The summed E-state index contributed by atoms with van der Waals surface area (Å²) in [6.07, 6.45) is 0. The zero-order chi connectivity index (χ0) is 21.1. The van der Waals surface area contributed by atoms with Crippen molar-refractivity contribution in [2.75, 3.05) is 0 Å². The van der Waals surface area contributed by atoms with Gasteiger partial charge in [0.1, 0.15) is 0 Å². The van der Waals surface area contributed by atoms with E-state index in [9.17, 15) is 0 Å². The molecule has 1 heterocycles. The van der Waals surface area contributed by atoms with Gasteiger partial charge in [-0.05, 0) is 58.4 Å². The molecule has 0 aliphatic carbocycles. The predicted octanol–water partition coefficient (Wildman–Crippen LogP) is 8.69. The topological polar surface area (TPSA) is 4.93 Å². The van der Waals surface area contributed by atoms with Crippen LogP contribution < -0.4 is 0 Å². The number of benzene rings is 3. The molecule has 0 unspecified atom stereocenters. The monoisotopic (exact) mass is 423 g/mol. The summed E-state index contributed by atoms with van der Waals surface area (Å²) >= 11 is 13.0. The Kier molecular flexibility index (Phi) is 4.76. The van der Waals surface area contributed by atoms with E-state index in [-0.39, 0.29) is 10.8 Å². The molecule has 0 N–H and O–H groups in total. The van der Waals surface area contributed by atoms with E-state index >= 15 is 0 Å². The van der Waals surface area contributed by atoms with Crippen molar-refractivity contribution in [3.63, 3.8) is 0 Å². The number of halogens is 2. The standard InChI is InChI=1S/C26H27Cl2N/c1-25(2,3)16-10-12-21-18(14-16)19-15-17(26(4,5)6)11-13-22(19)29(21)23-9-7-8-20(27)24(23)28/h7-15H,1-6H3. The van der Waals surface area contributed by atoms with Gasteiger partial charge in [-0.3, -0.25) is 0 Å². The molecular formula is C26H27Cl2N. The minimum atomic E-state index is 0.0813. The minimum absolute atomic E-state index is 0.0813. The van der Waals surface area contributed by atoms with Crippen molar-refractivity contribution < 1.29 is 0 Å². The summed E-state index contributed by atoms with van der Waals surface area (Å²) in [5.41, 5.74) is 6.00. The third-order valence-corrected chi connectivity index (χ3v) is 6.48. The fourth-order valence-electron chi connectivity index (χ4n) is 3.88. The predicted molar refractivity (Wildman–Crippen MR) is 128 cm³/mol. The molecule has 1 nitrogen and oxygen atoms in total. The van der Waals surface area contributed by atoms with Crippen LogP contribution in [-0.2, 0) is 10.8 Å².